The van der Waals surface area contributed by atoms with Crippen LogP contribution in [0.3, 0.4) is 0 Å². The number of benzene rings is 1. The third-order valence-corrected chi connectivity index (χ3v) is 3.48. The van der Waals surface area contributed by atoms with Crippen LogP contribution < -0.4 is 5.32 Å². The van der Waals surface area contributed by atoms with Gasteiger partial charge in [-0.2, -0.15) is 0 Å². The second-order valence-electron chi connectivity index (χ2n) is 4.66. The minimum atomic E-state index is -0.239. The molecule has 1 amide bonds. The Morgan fingerprint density at radius 3 is 2.44 bits per heavy atom. The number of ether oxygens (including phenoxy) is 1. The van der Waals surface area contributed by atoms with Crippen molar-refractivity contribution in [1.82, 2.24) is 5.32 Å². The first-order valence-corrected chi connectivity index (χ1v) is 5.75. The molecule has 1 aromatic carbocycles. The highest BCUT2D eigenvalue weighted by Gasteiger charge is 2.51. The minimum Gasteiger partial charge on any atom is -0.377 e. The molecule has 1 heterocycles. The van der Waals surface area contributed by atoms with E-state index in [-0.39, 0.29) is 17.4 Å². The van der Waals surface area contributed by atoms with Gasteiger partial charge in [0.25, 0.3) is 0 Å². The van der Waals surface area contributed by atoms with Crippen LogP contribution in [-0.2, 0) is 14.9 Å². The Hall–Kier alpha value is -1.35. The number of nitrogens with one attached hydrogen (secondary N) is 1. The predicted molar refractivity (Wildman–Crippen MR) is 60.1 cm³/mol. The quantitative estimate of drug-likeness (QED) is 0.827. The van der Waals surface area contributed by atoms with Crippen molar-refractivity contribution in [3.05, 3.63) is 35.9 Å². The molecule has 0 aromatic heterocycles. The number of carbonyl (C=O) groups excluding carboxylic acids is 1. The molecule has 3 nitrogen and oxygen atoms in total. The predicted octanol–water partition coefficient (Wildman–Crippen LogP) is 1.23. The van der Waals surface area contributed by atoms with Crippen molar-refractivity contribution in [2.24, 2.45) is 0 Å². The Morgan fingerprint density at radius 2 is 1.94 bits per heavy atom. The van der Waals surface area contributed by atoms with Crippen molar-refractivity contribution < 1.29 is 9.53 Å². The topological polar surface area (TPSA) is 38.3 Å². The van der Waals surface area contributed by atoms with Gasteiger partial charge in [-0.05, 0) is 18.4 Å². The smallest absolute Gasteiger partial charge is 0.231 e. The third-order valence-electron chi connectivity index (χ3n) is 3.48. The first-order chi connectivity index (χ1) is 7.81. The maximum absolute atomic E-state index is 12.2. The summed E-state index contributed by atoms with van der Waals surface area (Å²) < 4.78 is 5.06. The van der Waals surface area contributed by atoms with Crippen LogP contribution in [0, 0.1) is 0 Å². The fraction of sp³-hybridized carbons (Fsp3) is 0.462. The SMILES string of the molecule is O=C(NC1COC1)C1(c2ccccc2)CC1. The molecule has 2 fully saturated rings. The summed E-state index contributed by atoms with van der Waals surface area (Å²) in [6.07, 6.45) is 1.94. The summed E-state index contributed by atoms with van der Waals surface area (Å²) in [6.45, 7) is 1.33. The van der Waals surface area contributed by atoms with E-state index in [0.29, 0.717) is 13.2 Å². The van der Waals surface area contributed by atoms with Crippen LogP contribution in [0.25, 0.3) is 0 Å². The van der Waals surface area contributed by atoms with E-state index in [4.69, 9.17) is 4.74 Å². The average molecular weight is 217 g/mol. The monoisotopic (exact) mass is 217 g/mol. The van der Waals surface area contributed by atoms with Crippen molar-refractivity contribution in [3.63, 3.8) is 0 Å². The summed E-state index contributed by atoms with van der Waals surface area (Å²) >= 11 is 0. The fourth-order valence-electron chi connectivity index (χ4n) is 2.17. The van der Waals surface area contributed by atoms with E-state index in [2.05, 4.69) is 5.32 Å². The second-order valence-corrected chi connectivity index (χ2v) is 4.66. The lowest BCUT2D eigenvalue weighted by Gasteiger charge is -2.29. The van der Waals surface area contributed by atoms with Crippen LogP contribution in [0.2, 0.25) is 0 Å². The lowest BCUT2D eigenvalue weighted by Crippen LogP contribution is -2.51. The summed E-state index contributed by atoms with van der Waals surface area (Å²) in [7, 11) is 0. The number of hydrogen-bond donors (Lipinski definition) is 1. The molecule has 1 saturated heterocycles. The molecule has 0 atom stereocenters. The summed E-state index contributed by atoms with van der Waals surface area (Å²) in [5, 5.41) is 3.05. The molecule has 1 aliphatic carbocycles. The van der Waals surface area contributed by atoms with Gasteiger partial charge in [0, 0.05) is 0 Å². The first kappa shape index (κ1) is 9.85. The third kappa shape index (κ3) is 1.52. The molecule has 0 spiro atoms. The highest BCUT2D eigenvalue weighted by Crippen LogP contribution is 2.48. The van der Waals surface area contributed by atoms with Gasteiger partial charge in [-0.1, -0.05) is 30.3 Å². The normalized spacial score (nSPS) is 22.2. The number of carbonyl (C=O) groups is 1. The second kappa shape index (κ2) is 3.59. The molecular weight excluding hydrogens is 202 g/mol. The van der Waals surface area contributed by atoms with Crippen molar-refractivity contribution in [2.45, 2.75) is 24.3 Å². The van der Waals surface area contributed by atoms with Gasteiger partial charge in [0.05, 0.1) is 24.7 Å². The summed E-state index contributed by atoms with van der Waals surface area (Å²) in [5.74, 6) is 0.173. The Morgan fingerprint density at radius 1 is 1.25 bits per heavy atom. The molecule has 1 saturated carbocycles. The Bertz CT molecular complexity index is 394. The van der Waals surface area contributed by atoms with Gasteiger partial charge in [-0.15, -0.1) is 0 Å². The van der Waals surface area contributed by atoms with E-state index in [1.165, 1.54) is 0 Å². The Labute approximate surface area is 94.8 Å². The lowest BCUT2D eigenvalue weighted by atomic mass is 9.94. The standard InChI is InChI=1S/C13H15NO2/c15-12(14-11-8-16-9-11)13(6-7-13)10-4-2-1-3-5-10/h1-5,11H,6-9H2,(H,14,15). The van der Waals surface area contributed by atoms with Crippen molar-refractivity contribution >= 4 is 5.91 Å². The molecular formula is C13H15NO2. The van der Waals surface area contributed by atoms with E-state index in [1.807, 2.05) is 30.3 Å². The summed E-state index contributed by atoms with van der Waals surface area (Å²) in [4.78, 5) is 12.2. The zero-order valence-corrected chi connectivity index (χ0v) is 9.11. The maximum Gasteiger partial charge on any atom is 0.231 e. The molecule has 2 aliphatic rings. The van der Waals surface area contributed by atoms with E-state index >= 15 is 0 Å². The van der Waals surface area contributed by atoms with Crippen LogP contribution in [0.4, 0.5) is 0 Å². The van der Waals surface area contributed by atoms with Gasteiger partial charge >= 0.3 is 0 Å². The van der Waals surface area contributed by atoms with Crippen LogP contribution >= 0.6 is 0 Å². The zero-order valence-electron chi connectivity index (χ0n) is 9.11. The molecule has 1 aliphatic heterocycles. The molecule has 0 bridgehead atoms. The van der Waals surface area contributed by atoms with Crippen LogP contribution in [-0.4, -0.2) is 25.2 Å². The first-order valence-electron chi connectivity index (χ1n) is 5.75. The van der Waals surface area contributed by atoms with Crippen molar-refractivity contribution in [2.75, 3.05) is 13.2 Å². The molecule has 1 N–H and O–H groups in total. The molecule has 3 rings (SSSR count). The molecule has 1 aromatic rings. The van der Waals surface area contributed by atoms with E-state index in [1.54, 1.807) is 0 Å². The summed E-state index contributed by atoms with van der Waals surface area (Å²) in [6, 6.07) is 10.3. The number of rotatable bonds is 3. The molecule has 0 unspecified atom stereocenters. The number of hydrogen-bond acceptors (Lipinski definition) is 2. The van der Waals surface area contributed by atoms with Crippen LogP contribution in [0.1, 0.15) is 18.4 Å². The highest BCUT2D eigenvalue weighted by molar-refractivity contribution is 5.91. The molecule has 84 valence electrons. The summed E-state index contributed by atoms with van der Waals surface area (Å²) in [5.41, 5.74) is 0.907. The van der Waals surface area contributed by atoms with Crippen molar-refractivity contribution in [1.29, 1.82) is 0 Å². The van der Waals surface area contributed by atoms with Crippen LogP contribution in [0.15, 0.2) is 30.3 Å². The zero-order chi connectivity index (χ0) is 11.0. The van der Waals surface area contributed by atoms with Gasteiger partial charge in [0.15, 0.2) is 0 Å². The minimum absolute atomic E-state index is 0.173. The Balaban J connectivity index is 1.75. The molecule has 3 heteroatoms. The van der Waals surface area contributed by atoms with E-state index in [9.17, 15) is 4.79 Å². The maximum atomic E-state index is 12.2. The van der Waals surface area contributed by atoms with Gasteiger partial charge in [-0.25, -0.2) is 0 Å². The molecule has 0 radical (unpaired) electrons. The van der Waals surface area contributed by atoms with Crippen LogP contribution in [0.5, 0.6) is 0 Å². The Kier molecular flexibility index (Phi) is 2.21. The van der Waals surface area contributed by atoms with E-state index in [0.717, 1.165) is 18.4 Å². The van der Waals surface area contributed by atoms with Gasteiger partial charge in [-0.3, -0.25) is 4.79 Å². The largest absolute Gasteiger partial charge is 0.377 e. The van der Waals surface area contributed by atoms with Gasteiger partial charge in [0.2, 0.25) is 5.91 Å². The van der Waals surface area contributed by atoms with E-state index < -0.39 is 0 Å². The molecule has 16 heavy (non-hydrogen) atoms. The fourth-order valence-corrected chi connectivity index (χ4v) is 2.17. The average Bonchev–Trinajstić information content (AvgIpc) is 3.06. The van der Waals surface area contributed by atoms with Gasteiger partial charge in [0.1, 0.15) is 0 Å². The lowest BCUT2D eigenvalue weighted by molar-refractivity contribution is -0.127. The van der Waals surface area contributed by atoms with Gasteiger partial charge < -0.3 is 10.1 Å². The highest BCUT2D eigenvalue weighted by atomic mass is 16.5. The van der Waals surface area contributed by atoms with Crippen molar-refractivity contribution in [3.8, 4) is 0 Å². The number of amides is 1.